The lowest BCUT2D eigenvalue weighted by Crippen LogP contribution is -2.10. The van der Waals surface area contributed by atoms with Crippen molar-refractivity contribution in [2.24, 2.45) is 0 Å². The molecule has 0 radical (unpaired) electrons. The van der Waals surface area contributed by atoms with Crippen molar-refractivity contribution in [3.8, 4) is 33.4 Å². The summed E-state index contributed by atoms with van der Waals surface area (Å²) >= 11 is 0. The molecule has 0 aromatic heterocycles. The van der Waals surface area contributed by atoms with Crippen LogP contribution in [0.4, 0.5) is 17.1 Å². The van der Waals surface area contributed by atoms with E-state index >= 15 is 0 Å². The van der Waals surface area contributed by atoms with Gasteiger partial charge in [-0.3, -0.25) is 0 Å². The quantitative estimate of drug-likeness (QED) is 0.191. The number of rotatable bonds is 7. The van der Waals surface area contributed by atoms with Gasteiger partial charge in [-0.15, -0.1) is 0 Å². The van der Waals surface area contributed by atoms with Gasteiger partial charge in [0, 0.05) is 17.1 Å². The van der Waals surface area contributed by atoms with Crippen molar-refractivity contribution in [1.82, 2.24) is 0 Å². The molecule has 1 nitrogen and oxygen atoms in total. The Hall–Kier alpha value is -5.40. The first-order valence-corrected chi connectivity index (χ1v) is 15.0. The molecule has 6 aromatic rings. The van der Waals surface area contributed by atoms with Crippen LogP contribution in [0.5, 0.6) is 0 Å². The molecule has 0 atom stereocenters. The Balaban J connectivity index is 1.35. The van der Waals surface area contributed by atoms with E-state index in [-0.39, 0.29) is 0 Å². The van der Waals surface area contributed by atoms with Gasteiger partial charge in [-0.25, -0.2) is 0 Å². The Morgan fingerprint density at radius 1 is 0.395 bits per heavy atom. The largest absolute Gasteiger partial charge is 0.310 e. The Morgan fingerprint density at radius 3 is 1.35 bits per heavy atom. The fraction of sp³-hybridized carbons (Fsp3) is 0.0476. The van der Waals surface area contributed by atoms with Crippen LogP contribution in [0.2, 0.25) is 0 Å². The minimum atomic E-state index is 1.04. The highest BCUT2D eigenvalue weighted by atomic mass is 15.1. The molecule has 0 aliphatic heterocycles. The van der Waals surface area contributed by atoms with Gasteiger partial charge in [0.25, 0.3) is 0 Å². The van der Waals surface area contributed by atoms with Crippen molar-refractivity contribution >= 4 is 22.6 Å². The molecule has 0 spiro atoms. The standard InChI is InChI=1S/C42H33N/c1-5-13-32(14-6-1)34-21-25-38(26-22-34)43(39-27-23-35(24-28-39)33-15-7-2-8-16-33)40-29-30-41(36-17-9-3-10-18-36)42(31-40)37-19-11-4-12-20-37/h1-11,13-19,21-31H,12,20H2. The van der Waals surface area contributed by atoms with Crippen LogP contribution < -0.4 is 4.90 Å². The Morgan fingerprint density at radius 2 is 0.860 bits per heavy atom. The second-order valence-corrected chi connectivity index (χ2v) is 10.9. The molecule has 43 heavy (non-hydrogen) atoms. The molecule has 1 aliphatic rings. The fourth-order valence-corrected chi connectivity index (χ4v) is 5.95. The topological polar surface area (TPSA) is 3.24 Å². The summed E-state index contributed by atoms with van der Waals surface area (Å²) in [5.74, 6) is 0. The Labute approximate surface area is 254 Å². The van der Waals surface area contributed by atoms with Crippen LogP contribution in [0.15, 0.2) is 176 Å². The first kappa shape index (κ1) is 26.5. The molecule has 0 amide bonds. The number of allylic oxidation sites excluding steroid dienone is 4. The highest BCUT2D eigenvalue weighted by Gasteiger charge is 2.18. The zero-order chi connectivity index (χ0) is 28.8. The maximum absolute atomic E-state index is 2.38. The van der Waals surface area contributed by atoms with E-state index in [1.807, 2.05) is 0 Å². The van der Waals surface area contributed by atoms with Gasteiger partial charge in [0.15, 0.2) is 0 Å². The van der Waals surface area contributed by atoms with Gasteiger partial charge in [-0.2, -0.15) is 0 Å². The fourth-order valence-electron chi connectivity index (χ4n) is 5.95. The average molecular weight is 552 g/mol. The number of nitrogens with zero attached hydrogens (tertiary/aromatic N) is 1. The summed E-state index contributed by atoms with van der Waals surface area (Å²) < 4.78 is 0. The van der Waals surface area contributed by atoms with Gasteiger partial charge in [0.2, 0.25) is 0 Å². The molecule has 1 aliphatic carbocycles. The molecule has 1 heteroatoms. The Bertz CT molecular complexity index is 1780. The van der Waals surface area contributed by atoms with Crippen molar-refractivity contribution in [3.05, 3.63) is 182 Å². The summed E-state index contributed by atoms with van der Waals surface area (Å²) in [4.78, 5) is 2.38. The van der Waals surface area contributed by atoms with E-state index in [2.05, 4.69) is 181 Å². The van der Waals surface area contributed by atoms with Crippen LogP contribution in [-0.4, -0.2) is 0 Å². The van der Waals surface area contributed by atoms with Crippen molar-refractivity contribution in [1.29, 1.82) is 0 Å². The van der Waals surface area contributed by atoms with Crippen molar-refractivity contribution in [2.45, 2.75) is 12.8 Å². The minimum absolute atomic E-state index is 1.04. The number of hydrogen-bond acceptors (Lipinski definition) is 1. The molecular formula is C42H33N. The first-order valence-electron chi connectivity index (χ1n) is 15.0. The molecule has 7 rings (SSSR count). The van der Waals surface area contributed by atoms with Crippen LogP contribution >= 0.6 is 0 Å². The third-order valence-corrected chi connectivity index (χ3v) is 8.17. The van der Waals surface area contributed by atoms with Crippen molar-refractivity contribution < 1.29 is 0 Å². The molecule has 206 valence electrons. The predicted octanol–water partition coefficient (Wildman–Crippen LogP) is 11.9. The van der Waals surface area contributed by atoms with Gasteiger partial charge in [0.05, 0.1) is 0 Å². The molecule has 0 fully saturated rings. The second-order valence-electron chi connectivity index (χ2n) is 10.9. The molecular weight excluding hydrogens is 518 g/mol. The molecule has 6 aromatic carbocycles. The van der Waals surface area contributed by atoms with E-state index in [1.54, 1.807) is 0 Å². The predicted molar refractivity (Wildman–Crippen MR) is 184 cm³/mol. The highest BCUT2D eigenvalue weighted by Crippen LogP contribution is 2.41. The lowest BCUT2D eigenvalue weighted by atomic mass is 9.89. The summed E-state index contributed by atoms with van der Waals surface area (Å²) in [7, 11) is 0. The number of benzene rings is 6. The zero-order valence-corrected chi connectivity index (χ0v) is 24.1. The third kappa shape index (κ3) is 5.71. The molecule has 0 heterocycles. The van der Waals surface area contributed by atoms with Gasteiger partial charge < -0.3 is 4.90 Å². The molecule has 0 N–H and O–H groups in total. The van der Waals surface area contributed by atoms with Gasteiger partial charge in [0.1, 0.15) is 0 Å². The summed E-state index contributed by atoms with van der Waals surface area (Å²) in [5, 5.41) is 0. The van der Waals surface area contributed by atoms with Gasteiger partial charge in [-0.1, -0.05) is 140 Å². The molecule has 0 saturated carbocycles. The van der Waals surface area contributed by atoms with Crippen molar-refractivity contribution in [3.63, 3.8) is 0 Å². The average Bonchev–Trinajstić information content (AvgIpc) is 3.10. The van der Waals surface area contributed by atoms with Crippen molar-refractivity contribution in [2.75, 3.05) is 4.90 Å². The van der Waals surface area contributed by atoms with E-state index in [4.69, 9.17) is 0 Å². The van der Waals surface area contributed by atoms with E-state index in [0.29, 0.717) is 0 Å². The zero-order valence-electron chi connectivity index (χ0n) is 24.1. The van der Waals surface area contributed by atoms with E-state index in [0.717, 1.165) is 29.9 Å². The SMILES string of the molecule is C1=CCCC(c2cc(N(c3ccc(-c4ccccc4)cc3)c3ccc(-c4ccccc4)cc3)ccc2-c2ccccc2)=C1. The number of anilines is 3. The maximum atomic E-state index is 2.38. The molecule has 0 saturated heterocycles. The van der Waals surface area contributed by atoms with Gasteiger partial charge >= 0.3 is 0 Å². The first-order chi connectivity index (χ1) is 21.3. The van der Waals surface area contributed by atoms with Crippen LogP contribution in [-0.2, 0) is 0 Å². The van der Waals surface area contributed by atoms with Crippen LogP contribution in [0.3, 0.4) is 0 Å². The molecule has 0 bridgehead atoms. The van der Waals surface area contributed by atoms with Crippen LogP contribution in [0.1, 0.15) is 18.4 Å². The third-order valence-electron chi connectivity index (χ3n) is 8.17. The van der Waals surface area contributed by atoms with E-state index < -0.39 is 0 Å². The minimum Gasteiger partial charge on any atom is -0.310 e. The Kier molecular flexibility index (Phi) is 7.53. The summed E-state index contributed by atoms with van der Waals surface area (Å²) in [5.41, 5.74) is 13.4. The monoisotopic (exact) mass is 551 g/mol. The number of hydrogen-bond donors (Lipinski definition) is 0. The summed E-state index contributed by atoms with van der Waals surface area (Å²) in [6, 6.07) is 56.7. The van der Waals surface area contributed by atoms with Gasteiger partial charge in [-0.05, 0) is 93.8 Å². The van der Waals surface area contributed by atoms with Crippen LogP contribution in [0.25, 0.3) is 39.0 Å². The summed E-state index contributed by atoms with van der Waals surface area (Å²) in [6.45, 7) is 0. The maximum Gasteiger partial charge on any atom is 0.0468 e. The van der Waals surface area contributed by atoms with Crippen LogP contribution in [0, 0.1) is 0 Å². The summed E-state index contributed by atoms with van der Waals surface area (Å²) in [6.07, 6.45) is 8.84. The highest BCUT2D eigenvalue weighted by molar-refractivity contribution is 5.88. The lowest BCUT2D eigenvalue weighted by Gasteiger charge is -2.27. The molecule has 0 unspecified atom stereocenters. The normalized spacial score (nSPS) is 12.5. The second kappa shape index (κ2) is 12.2. The van der Waals surface area contributed by atoms with E-state index in [1.165, 1.54) is 44.5 Å². The lowest BCUT2D eigenvalue weighted by molar-refractivity contribution is 1.05. The smallest absolute Gasteiger partial charge is 0.0468 e. The van der Waals surface area contributed by atoms with E-state index in [9.17, 15) is 0 Å².